The topological polar surface area (TPSA) is 20.2 Å². The molecule has 1 aromatic carbocycles. The highest BCUT2D eigenvalue weighted by Crippen LogP contribution is 2.32. The molecule has 1 atom stereocenters. The predicted molar refractivity (Wildman–Crippen MR) is 73.5 cm³/mol. The van der Waals surface area contributed by atoms with Crippen molar-refractivity contribution in [2.75, 3.05) is 0 Å². The SMILES string of the molecule is Cc1ccccc1CC(C)(O)c1sccc1C. The molecule has 1 heterocycles. The first-order chi connectivity index (χ1) is 8.00. The lowest BCUT2D eigenvalue weighted by atomic mass is 9.91. The van der Waals surface area contributed by atoms with Gasteiger partial charge in [-0.3, -0.25) is 0 Å². The highest BCUT2D eigenvalue weighted by Gasteiger charge is 2.27. The molecule has 0 saturated carbocycles. The second-order valence-corrected chi connectivity index (χ2v) is 5.73. The fourth-order valence-corrected chi connectivity index (χ4v) is 3.17. The molecule has 0 aliphatic carbocycles. The summed E-state index contributed by atoms with van der Waals surface area (Å²) in [6.07, 6.45) is 0.668. The number of aryl methyl sites for hydroxylation is 2. The van der Waals surface area contributed by atoms with Gasteiger partial charge >= 0.3 is 0 Å². The van der Waals surface area contributed by atoms with Gasteiger partial charge in [-0.1, -0.05) is 24.3 Å². The molecule has 0 aliphatic rings. The molecule has 0 aliphatic heterocycles. The number of thiophene rings is 1. The number of aliphatic hydroxyl groups is 1. The van der Waals surface area contributed by atoms with Gasteiger partial charge in [-0.15, -0.1) is 11.3 Å². The van der Waals surface area contributed by atoms with Gasteiger partial charge in [0.1, 0.15) is 5.60 Å². The fraction of sp³-hybridized carbons (Fsp3) is 0.333. The van der Waals surface area contributed by atoms with Crippen LogP contribution in [0.25, 0.3) is 0 Å². The Hall–Kier alpha value is -1.12. The minimum atomic E-state index is -0.773. The van der Waals surface area contributed by atoms with Crippen LogP contribution < -0.4 is 0 Å². The van der Waals surface area contributed by atoms with E-state index < -0.39 is 5.60 Å². The molecule has 0 amide bonds. The van der Waals surface area contributed by atoms with Gasteiger partial charge in [-0.05, 0) is 48.9 Å². The maximum Gasteiger partial charge on any atom is 0.100 e. The summed E-state index contributed by atoms with van der Waals surface area (Å²) in [6, 6.07) is 10.3. The monoisotopic (exact) mass is 246 g/mol. The van der Waals surface area contributed by atoms with E-state index >= 15 is 0 Å². The molecule has 1 nitrogen and oxygen atoms in total. The van der Waals surface area contributed by atoms with Gasteiger partial charge in [0.2, 0.25) is 0 Å². The highest BCUT2D eigenvalue weighted by atomic mass is 32.1. The molecule has 1 aromatic heterocycles. The van der Waals surface area contributed by atoms with Crippen LogP contribution in [0.3, 0.4) is 0 Å². The van der Waals surface area contributed by atoms with Crippen LogP contribution in [-0.2, 0) is 12.0 Å². The zero-order valence-corrected chi connectivity index (χ0v) is 11.3. The van der Waals surface area contributed by atoms with Crippen LogP contribution in [0.4, 0.5) is 0 Å². The van der Waals surface area contributed by atoms with Gasteiger partial charge in [0.05, 0.1) is 0 Å². The lowest BCUT2D eigenvalue weighted by Gasteiger charge is -2.24. The van der Waals surface area contributed by atoms with Gasteiger partial charge in [0.25, 0.3) is 0 Å². The van der Waals surface area contributed by atoms with Crippen LogP contribution in [0.1, 0.15) is 28.5 Å². The second kappa shape index (κ2) is 4.63. The summed E-state index contributed by atoms with van der Waals surface area (Å²) in [4.78, 5) is 1.07. The van der Waals surface area contributed by atoms with Crippen molar-refractivity contribution in [1.82, 2.24) is 0 Å². The first-order valence-electron chi connectivity index (χ1n) is 5.82. The normalized spacial score (nSPS) is 14.6. The average molecular weight is 246 g/mol. The molecule has 0 fully saturated rings. The summed E-state index contributed by atoms with van der Waals surface area (Å²) in [5.74, 6) is 0. The first-order valence-corrected chi connectivity index (χ1v) is 6.70. The van der Waals surface area contributed by atoms with Gasteiger partial charge in [0, 0.05) is 11.3 Å². The Balaban J connectivity index is 2.30. The Morgan fingerprint density at radius 2 is 1.82 bits per heavy atom. The van der Waals surface area contributed by atoms with Crippen molar-refractivity contribution in [3.05, 3.63) is 57.3 Å². The van der Waals surface area contributed by atoms with E-state index in [0.717, 1.165) is 4.88 Å². The predicted octanol–water partition coefficient (Wildman–Crippen LogP) is 3.82. The zero-order valence-electron chi connectivity index (χ0n) is 10.5. The molecular formula is C15H18OS. The van der Waals surface area contributed by atoms with Crippen molar-refractivity contribution in [1.29, 1.82) is 0 Å². The van der Waals surface area contributed by atoms with E-state index in [-0.39, 0.29) is 0 Å². The van der Waals surface area contributed by atoms with Crippen LogP contribution >= 0.6 is 11.3 Å². The minimum absolute atomic E-state index is 0.668. The quantitative estimate of drug-likeness (QED) is 0.873. The molecule has 0 saturated heterocycles. The van der Waals surface area contributed by atoms with E-state index in [2.05, 4.69) is 32.0 Å². The second-order valence-electron chi connectivity index (χ2n) is 4.81. The standard InChI is InChI=1S/C15H18OS/c1-11-6-4-5-7-13(11)10-15(3,16)14-12(2)8-9-17-14/h4-9,16H,10H2,1-3H3. The van der Waals surface area contributed by atoms with Crippen molar-refractivity contribution >= 4 is 11.3 Å². The minimum Gasteiger partial charge on any atom is -0.384 e. The Morgan fingerprint density at radius 3 is 2.41 bits per heavy atom. The van der Waals surface area contributed by atoms with Gasteiger partial charge in [0.15, 0.2) is 0 Å². The Bertz CT molecular complexity index is 511. The summed E-state index contributed by atoms with van der Waals surface area (Å²) < 4.78 is 0. The Kier molecular flexibility index (Phi) is 3.36. The molecule has 0 bridgehead atoms. The van der Waals surface area contributed by atoms with Crippen LogP contribution in [0.15, 0.2) is 35.7 Å². The van der Waals surface area contributed by atoms with E-state index in [9.17, 15) is 5.11 Å². The smallest absolute Gasteiger partial charge is 0.100 e. The largest absolute Gasteiger partial charge is 0.384 e. The summed E-state index contributed by atoms with van der Waals surface area (Å²) in [7, 11) is 0. The third kappa shape index (κ3) is 2.59. The maximum absolute atomic E-state index is 10.6. The van der Waals surface area contributed by atoms with Gasteiger partial charge < -0.3 is 5.11 Å². The van der Waals surface area contributed by atoms with Crippen LogP contribution in [0.5, 0.6) is 0 Å². The molecule has 1 unspecified atom stereocenters. The molecule has 2 heteroatoms. The summed E-state index contributed by atoms with van der Waals surface area (Å²) in [6.45, 7) is 6.04. The van der Waals surface area contributed by atoms with Gasteiger partial charge in [-0.2, -0.15) is 0 Å². The van der Waals surface area contributed by atoms with Gasteiger partial charge in [-0.25, -0.2) is 0 Å². The van der Waals surface area contributed by atoms with E-state index in [0.29, 0.717) is 6.42 Å². The van der Waals surface area contributed by atoms with Crippen molar-refractivity contribution in [2.45, 2.75) is 32.8 Å². The molecule has 0 radical (unpaired) electrons. The average Bonchev–Trinajstić information content (AvgIpc) is 2.68. The Morgan fingerprint density at radius 1 is 1.12 bits per heavy atom. The number of hydrogen-bond acceptors (Lipinski definition) is 2. The molecule has 90 valence electrons. The molecular weight excluding hydrogens is 228 g/mol. The lowest BCUT2D eigenvalue weighted by molar-refractivity contribution is 0.0607. The molecule has 2 aromatic rings. The highest BCUT2D eigenvalue weighted by molar-refractivity contribution is 7.10. The summed E-state index contributed by atoms with van der Waals surface area (Å²) in [5.41, 5.74) is 2.85. The van der Waals surface area contributed by atoms with E-state index in [4.69, 9.17) is 0 Å². The molecule has 2 rings (SSSR count). The third-order valence-electron chi connectivity index (χ3n) is 3.15. The Labute approximate surface area is 107 Å². The van der Waals surface area contributed by atoms with E-state index in [1.165, 1.54) is 16.7 Å². The lowest BCUT2D eigenvalue weighted by Crippen LogP contribution is -2.24. The summed E-state index contributed by atoms with van der Waals surface area (Å²) >= 11 is 1.63. The zero-order chi connectivity index (χ0) is 12.5. The van der Waals surface area contributed by atoms with E-state index in [1.54, 1.807) is 11.3 Å². The molecule has 17 heavy (non-hydrogen) atoms. The van der Waals surface area contributed by atoms with E-state index in [1.807, 2.05) is 24.4 Å². The number of hydrogen-bond donors (Lipinski definition) is 1. The third-order valence-corrected chi connectivity index (χ3v) is 4.42. The number of rotatable bonds is 3. The van der Waals surface area contributed by atoms with Crippen molar-refractivity contribution in [2.24, 2.45) is 0 Å². The fourth-order valence-electron chi connectivity index (χ4n) is 2.18. The number of benzene rings is 1. The van der Waals surface area contributed by atoms with Crippen molar-refractivity contribution < 1.29 is 5.11 Å². The van der Waals surface area contributed by atoms with Crippen LogP contribution in [-0.4, -0.2) is 5.11 Å². The molecule has 0 spiro atoms. The van der Waals surface area contributed by atoms with Crippen LogP contribution in [0, 0.1) is 13.8 Å². The summed E-state index contributed by atoms with van der Waals surface area (Å²) in [5, 5.41) is 12.7. The van der Waals surface area contributed by atoms with Crippen molar-refractivity contribution in [3.63, 3.8) is 0 Å². The first kappa shape index (κ1) is 12.3. The molecule has 1 N–H and O–H groups in total. The van der Waals surface area contributed by atoms with Crippen molar-refractivity contribution in [3.8, 4) is 0 Å². The van der Waals surface area contributed by atoms with Crippen LogP contribution in [0.2, 0.25) is 0 Å². The maximum atomic E-state index is 10.6.